The van der Waals surface area contributed by atoms with Gasteiger partial charge in [0.25, 0.3) is 0 Å². The van der Waals surface area contributed by atoms with Gasteiger partial charge in [0.05, 0.1) is 22.1 Å². The minimum Gasteiger partial charge on any atom is -0.310 e. The van der Waals surface area contributed by atoms with Crippen molar-refractivity contribution in [2.45, 2.75) is 5.41 Å². The minimum atomic E-state index is -0.478. The molecule has 2 heteroatoms. The van der Waals surface area contributed by atoms with Crippen LogP contribution in [0.5, 0.6) is 0 Å². The van der Waals surface area contributed by atoms with Crippen molar-refractivity contribution in [2.75, 3.05) is 4.90 Å². The number of nitrogens with zero attached hydrogens (tertiary/aromatic N) is 2. The second-order valence-corrected chi connectivity index (χ2v) is 14.8. The maximum Gasteiger partial charge on any atom is 0.0714 e. The lowest BCUT2D eigenvalue weighted by Gasteiger charge is -2.34. The number of hydrogen-bond donors (Lipinski definition) is 0. The van der Waals surface area contributed by atoms with Crippen LogP contribution in [0.4, 0.5) is 17.1 Å². The van der Waals surface area contributed by atoms with Crippen molar-refractivity contribution in [3.05, 3.63) is 253 Å². The summed E-state index contributed by atoms with van der Waals surface area (Å²) in [6, 6.07) is 84.1. The molecule has 10 aromatic rings. The summed E-state index contributed by atoms with van der Waals surface area (Å²) in [4.78, 5) is 2.44. The van der Waals surface area contributed by atoms with Crippen molar-refractivity contribution >= 4 is 38.9 Å². The Morgan fingerprint density at radius 3 is 1.61 bits per heavy atom. The molecule has 57 heavy (non-hydrogen) atoms. The van der Waals surface area contributed by atoms with Gasteiger partial charge < -0.3 is 9.47 Å². The van der Waals surface area contributed by atoms with E-state index in [1.54, 1.807) is 0 Å². The number of fused-ring (bicyclic) bond motifs is 6. The Labute approximate surface area is 333 Å². The van der Waals surface area contributed by atoms with Crippen LogP contribution in [0.15, 0.2) is 231 Å². The van der Waals surface area contributed by atoms with Crippen molar-refractivity contribution in [3.8, 4) is 27.9 Å². The lowest BCUT2D eigenvalue weighted by atomic mass is 9.68. The molecule has 0 saturated carbocycles. The average Bonchev–Trinajstić information content (AvgIpc) is 3.80. The standard InChI is InChI=1S/C55H38N2/c1-5-19-40(20-6-1)55(41-21-7-2-8-22-41)48-30-15-13-27-46(48)54-49(55)31-18-34-52(54)56(42-23-9-3-10-24-42)44-37-35-39(36-38-44)45-29-17-33-51-53(45)47-28-14-16-32-50(47)57(51)43-25-11-4-12-26-43/h1-38H. The van der Waals surface area contributed by atoms with Gasteiger partial charge in [-0.05, 0) is 93.5 Å². The fourth-order valence-corrected chi connectivity index (χ4v) is 9.57. The van der Waals surface area contributed by atoms with Crippen LogP contribution in [0.2, 0.25) is 0 Å². The topological polar surface area (TPSA) is 8.17 Å². The zero-order chi connectivity index (χ0) is 37.8. The van der Waals surface area contributed by atoms with Crippen LogP contribution < -0.4 is 4.90 Å². The lowest BCUT2D eigenvalue weighted by Crippen LogP contribution is -2.28. The first-order valence-electron chi connectivity index (χ1n) is 19.7. The van der Waals surface area contributed by atoms with Crippen LogP contribution in [0.1, 0.15) is 22.3 Å². The average molecular weight is 727 g/mol. The van der Waals surface area contributed by atoms with Gasteiger partial charge in [-0.1, -0.05) is 176 Å². The largest absolute Gasteiger partial charge is 0.310 e. The fourth-order valence-electron chi connectivity index (χ4n) is 9.57. The summed E-state index contributed by atoms with van der Waals surface area (Å²) in [7, 11) is 0. The Hall–Kier alpha value is -7.42. The molecule has 0 radical (unpaired) electrons. The monoisotopic (exact) mass is 726 g/mol. The van der Waals surface area contributed by atoms with E-state index in [4.69, 9.17) is 0 Å². The Kier molecular flexibility index (Phi) is 7.75. The maximum atomic E-state index is 2.44. The number of hydrogen-bond acceptors (Lipinski definition) is 1. The summed E-state index contributed by atoms with van der Waals surface area (Å²) < 4.78 is 2.39. The molecule has 0 spiro atoms. The van der Waals surface area contributed by atoms with E-state index in [0.717, 1.165) is 22.7 Å². The SMILES string of the molecule is c1ccc(N(c2ccc(-c3cccc4c3c3ccccc3n4-c3ccccc3)cc2)c2cccc3c2-c2ccccc2C3(c2ccccc2)c2ccccc2)cc1. The predicted octanol–water partition coefficient (Wildman–Crippen LogP) is 14.3. The fraction of sp³-hybridized carbons (Fsp3) is 0.0182. The quantitative estimate of drug-likeness (QED) is 0.159. The van der Waals surface area contributed by atoms with Gasteiger partial charge in [0.15, 0.2) is 0 Å². The van der Waals surface area contributed by atoms with Gasteiger partial charge in [-0.25, -0.2) is 0 Å². The van der Waals surface area contributed by atoms with Crippen molar-refractivity contribution in [1.82, 2.24) is 4.57 Å². The predicted molar refractivity (Wildman–Crippen MR) is 238 cm³/mol. The third kappa shape index (κ3) is 5.04. The van der Waals surface area contributed by atoms with Crippen molar-refractivity contribution in [1.29, 1.82) is 0 Å². The van der Waals surface area contributed by atoms with Gasteiger partial charge in [0, 0.05) is 33.4 Å². The Balaban J connectivity index is 1.11. The summed E-state index contributed by atoms with van der Waals surface area (Å²) in [5.74, 6) is 0. The molecule has 268 valence electrons. The molecular weight excluding hydrogens is 689 g/mol. The molecule has 2 nitrogen and oxygen atoms in total. The summed E-state index contributed by atoms with van der Waals surface area (Å²) in [6.07, 6.45) is 0. The molecule has 0 aliphatic heterocycles. The van der Waals surface area contributed by atoms with Crippen molar-refractivity contribution in [2.24, 2.45) is 0 Å². The molecule has 1 aromatic heterocycles. The molecule has 9 aromatic carbocycles. The molecular formula is C55H38N2. The second-order valence-electron chi connectivity index (χ2n) is 14.8. The van der Waals surface area contributed by atoms with E-state index in [-0.39, 0.29) is 0 Å². The van der Waals surface area contributed by atoms with Crippen LogP contribution >= 0.6 is 0 Å². The van der Waals surface area contributed by atoms with Gasteiger partial charge in [-0.2, -0.15) is 0 Å². The summed E-state index contributed by atoms with van der Waals surface area (Å²) in [5, 5.41) is 2.51. The van der Waals surface area contributed by atoms with E-state index in [1.165, 1.54) is 66.3 Å². The van der Waals surface area contributed by atoms with E-state index in [0.29, 0.717) is 0 Å². The number of benzene rings is 9. The first kappa shape index (κ1) is 33.0. The van der Waals surface area contributed by atoms with Gasteiger partial charge in [0.1, 0.15) is 0 Å². The molecule has 0 amide bonds. The second kappa shape index (κ2) is 13.4. The minimum absolute atomic E-state index is 0.478. The summed E-state index contributed by atoms with van der Waals surface area (Å²) in [6.45, 7) is 0. The Morgan fingerprint density at radius 1 is 0.368 bits per heavy atom. The molecule has 0 bridgehead atoms. The zero-order valence-electron chi connectivity index (χ0n) is 31.3. The Bertz CT molecular complexity index is 3000. The van der Waals surface area contributed by atoms with Crippen LogP contribution in [0.25, 0.3) is 49.7 Å². The van der Waals surface area contributed by atoms with Crippen LogP contribution in [0.3, 0.4) is 0 Å². The highest BCUT2D eigenvalue weighted by atomic mass is 15.1. The van der Waals surface area contributed by atoms with Crippen LogP contribution in [0, 0.1) is 0 Å². The first-order chi connectivity index (χ1) is 28.3. The zero-order valence-corrected chi connectivity index (χ0v) is 31.3. The smallest absolute Gasteiger partial charge is 0.0714 e. The molecule has 0 unspecified atom stereocenters. The highest BCUT2D eigenvalue weighted by molar-refractivity contribution is 6.15. The molecule has 1 aliphatic carbocycles. The molecule has 1 aliphatic rings. The maximum absolute atomic E-state index is 2.44. The number of rotatable bonds is 7. The number of para-hydroxylation sites is 3. The molecule has 1 heterocycles. The summed E-state index contributed by atoms with van der Waals surface area (Å²) in [5.41, 5.74) is 16.5. The normalized spacial score (nSPS) is 12.7. The van der Waals surface area contributed by atoms with Crippen molar-refractivity contribution < 1.29 is 0 Å². The highest BCUT2D eigenvalue weighted by Crippen LogP contribution is 2.59. The lowest BCUT2D eigenvalue weighted by molar-refractivity contribution is 0.768. The number of aromatic nitrogens is 1. The molecule has 0 N–H and O–H groups in total. The van der Waals surface area contributed by atoms with E-state index < -0.39 is 5.41 Å². The van der Waals surface area contributed by atoms with Gasteiger partial charge >= 0.3 is 0 Å². The van der Waals surface area contributed by atoms with Gasteiger partial charge in [-0.3, -0.25) is 0 Å². The summed E-state index contributed by atoms with van der Waals surface area (Å²) >= 11 is 0. The van der Waals surface area contributed by atoms with E-state index in [1.807, 2.05) is 0 Å². The first-order valence-corrected chi connectivity index (χ1v) is 19.7. The molecule has 0 atom stereocenters. The van der Waals surface area contributed by atoms with Gasteiger partial charge in [0.2, 0.25) is 0 Å². The van der Waals surface area contributed by atoms with Crippen LogP contribution in [-0.4, -0.2) is 4.57 Å². The molecule has 11 rings (SSSR count). The number of anilines is 3. The molecule has 0 fully saturated rings. The molecule has 0 saturated heterocycles. The van der Waals surface area contributed by atoms with Crippen molar-refractivity contribution in [3.63, 3.8) is 0 Å². The van der Waals surface area contributed by atoms with E-state index >= 15 is 0 Å². The van der Waals surface area contributed by atoms with Gasteiger partial charge in [-0.15, -0.1) is 0 Å². The van der Waals surface area contributed by atoms with E-state index in [9.17, 15) is 0 Å². The Morgan fingerprint density at radius 2 is 0.895 bits per heavy atom. The van der Waals surface area contributed by atoms with E-state index in [2.05, 4.69) is 240 Å². The third-order valence-corrected chi connectivity index (χ3v) is 11.9. The third-order valence-electron chi connectivity index (χ3n) is 11.9. The highest BCUT2D eigenvalue weighted by Gasteiger charge is 2.47. The van der Waals surface area contributed by atoms with Crippen LogP contribution in [-0.2, 0) is 5.41 Å².